The van der Waals surface area contributed by atoms with E-state index < -0.39 is 24.1 Å². The number of hydrogen-bond acceptors (Lipinski definition) is 7. The van der Waals surface area contributed by atoms with Gasteiger partial charge in [0.25, 0.3) is 5.91 Å². The van der Waals surface area contributed by atoms with Crippen LogP contribution in [0.1, 0.15) is 46.9 Å². The molecule has 8 nitrogen and oxygen atoms in total. The van der Waals surface area contributed by atoms with Crippen molar-refractivity contribution in [2.45, 2.75) is 43.8 Å². The maximum absolute atomic E-state index is 13.4. The van der Waals surface area contributed by atoms with Crippen LogP contribution in [0.4, 0.5) is 8.78 Å². The Morgan fingerprint density at radius 1 is 1.07 bits per heavy atom. The predicted octanol–water partition coefficient (Wildman–Crippen LogP) is 6.45. The first kappa shape index (κ1) is 31.2. The summed E-state index contributed by atoms with van der Waals surface area (Å²) >= 11 is 14.2. The summed E-state index contributed by atoms with van der Waals surface area (Å²) in [6.45, 7) is -2.25. The maximum Gasteiger partial charge on any atom is 0.387 e. The molecule has 3 aromatic rings. The zero-order valence-electron chi connectivity index (χ0n) is 22.8. The molecule has 2 atom stereocenters. The van der Waals surface area contributed by atoms with Gasteiger partial charge in [0.05, 0.1) is 18.4 Å². The Labute approximate surface area is 261 Å². The second-order valence-corrected chi connectivity index (χ2v) is 12.3. The number of hydrogen-bond donors (Lipinski definition) is 0. The minimum Gasteiger partial charge on any atom is -0.619 e. The predicted molar refractivity (Wildman–Crippen MR) is 158 cm³/mol. The SMILES string of the molecule is O=C(CC1SCCN1C(=O)c1ccccc1)O[C@@H](Cc1c(Cl)c[n+]([O-])cc1Cl)c1ccc(OC(F)F)c(OCC2CC2)c1. The fourth-order valence-electron chi connectivity index (χ4n) is 4.68. The van der Waals surface area contributed by atoms with Crippen LogP contribution < -0.4 is 14.2 Å². The number of carbonyl (C=O) groups is 2. The van der Waals surface area contributed by atoms with Crippen LogP contribution in [0.3, 0.4) is 0 Å². The summed E-state index contributed by atoms with van der Waals surface area (Å²) in [6.07, 6.45) is 3.14. The van der Waals surface area contributed by atoms with E-state index in [1.54, 1.807) is 29.2 Å². The number of rotatable bonds is 12. The summed E-state index contributed by atoms with van der Waals surface area (Å²) in [5, 5.41) is 11.5. The summed E-state index contributed by atoms with van der Waals surface area (Å²) in [5.74, 6) is 0.163. The molecule has 0 N–H and O–H groups in total. The molecule has 2 aliphatic rings. The Bertz CT molecular complexity index is 1440. The van der Waals surface area contributed by atoms with Crippen molar-refractivity contribution in [3.63, 3.8) is 0 Å². The maximum atomic E-state index is 13.4. The fraction of sp³-hybridized carbons (Fsp3) is 0.367. The molecular weight excluding hydrogens is 625 g/mol. The Hall–Kier alpha value is -3.28. The zero-order valence-corrected chi connectivity index (χ0v) is 25.1. The molecule has 1 aromatic heterocycles. The van der Waals surface area contributed by atoms with Crippen LogP contribution in [0.5, 0.6) is 11.5 Å². The van der Waals surface area contributed by atoms with Crippen LogP contribution in [0.2, 0.25) is 10.0 Å². The molecule has 1 aliphatic carbocycles. The summed E-state index contributed by atoms with van der Waals surface area (Å²) in [7, 11) is 0. The highest BCUT2D eigenvalue weighted by Crippen LogP contribution is 2.38. The highest BCUT2D eigenvalue weighted by molar-refractivity contribution is 8.00. The molecule has 13 heteroatoms. The Balaban J connectivity index is 1.39. The third kappa shape index (κ3) is 8.21. The van der Waals surface area contributed by atoms with E-state index in [1.807, 2.05) is 6.07 Å². The van der Waals surface area contributed by atoms with E-state index in [0.717, 1.165) is 25.2 Å². The molecule has 1 saturated carbocycles. The highest BCUT2D eigenvalue weighted by Gasteiger charge is 2.33. The second-order valence-electron chi connectivity index (χ2n) is 10.2. The summed E-state index contributed by atoms with van der Waals surface area (Å²) in [4.78, 5) is 28.1. The monoisotopic (exact) mass is 652 g/mol. The largest absolute Gasteiger partial charge is 0.619 e. The molecule has 1 amide bonds. The first-order valence-corrected chi connectivity index (χ1v) is 15.4. The number of ether oxygens (including phenoxy) is 3. The Kier molecular flexibility index (Phi) is 10.1. The summed E-state index contributed by atoms with van der Waals surface area (Å²) in [6, 6.07) is 13.1. The van der Waals surface area contributed by atoms with Gasteiger partial charge in [-0.15, -0.1) is 11.8 Å². The lowest BCUT2D eigenvalue weighted by atomic mass is 10.0. The zero-order chi connectivity index (χ0) is 30.5. The number of pyridine rings is 1. The Morgan fingerprint density at radius 2 is 1.79 bits per heavy atom. The van der Waals surface area contributed by atoms with E-state index in [2.05, 4.69) is 4.74 Å². The van der Waals surface area contributed by atoms with Crippen LogP contribution in [-0.2, 0) is 16.0 Å². The molecule has 0 bridgehead atoms. The number of carbonyl (C=O) groups excluding carboxylic acids is 2. The molecular formula is C30H28Cl2F2N2O6S. The van der Waals surface area contributed by atoms with Crippen LogP contribution in [-0.4, -0.2) is 47.7 Å². The number of amides is 1. The number of nitrogens with zero attached hydrogens (tertiary/aromatic N) is 2. The van der Waals surface area contributed by atoms with E-state index in [0.29, 0.717) is 46.2 Å². The van der Waals surface area contributed by atoms with Crippen LogP contribution >= 0.6 is 35.0 Å². The van der Waals surface area contributed by atoms with Crippen molar-refractivity contribution in [1.82, 2.24) is 4.90 Å². The number of thioether (sulfide) groups is 1. The van der Waals surface area contributed by atoms with E-state index >= 15 is 0 Å². The van der Waals surface area contributed by atoms with Gasteiger partial charge in [0.2, 0.25) is 0 Å². The molecule has 0 spiro atoms. The smallest absolute Gasteiger partial charge is 0.387 e. The molecule has 228 valence electrons. The number of aromatic nitrogens is 1. The van der Waals surface area contributed by atoms with E-state index in [9.17, 15) is 23.6 Å². The standard InChI is InChI=1S/C30H28Cl2F2N2O6S/c31-22-15-35(39)16-23(32)21(22)13-25(20-8-9-24(42-30(33)34)26(12-20)40-17-18-6-7-18)41-28(37)14-27-36(10-11-43-27)29(38)19-4-2-1-3-5-19/h1-5,8-9,12,15-16,18,25,27,30H,6-7,10-11,13-14,17H2/t25-,27?/m0/s1. The third-order valence-electron chi connectivity index (χ3n) is 7.06. The molecule has 5 rings (SSSR count). The van der Waals surface area contributed by atoms with Gasteiger partial charge in [0.15, 0.2) is 23.9 Å². The van der Waals surface area contributed by atoms with Gasteiger partial charge in [-0.2, -0.15) is 13.5 Å². The average Bonchev–Trinajstić information content (AvgIpc) is 3.69. The molecule has 2 aromatic carbocycles. The van der Waals surface area contributed by atoms with Gasteiger partial charge in [-0.25, -0.2) is 0 Å². The van der Waals surface area contributed by atoms with Crippen molar-refractivity contribution in [1.29, 1.82) is 0 Å². The van der Waals surface area contributed by atoms with Gasteiger partial charge >= 0.3 is 12.6 Å². The molecule has 1 aliphatic heterocycles. The third-order valence-corrected chi connectivity index (χ3v) is 8.94. The number of esters is 1. The first-order valence-electron chi connectivity index (χ1n) is 13.6. The molecule has 2 fully saturated rings. The van der Waals surface area contributed by atoms with Crippen molar-refractivity contribution in [3.8, 4) is 11.5 Å². The second kappa shape index (κ2) is 14.0. The quantitative estimate of drug-likeness (QED) is 0.126. The van der Waals surface area contributed by atoms with E-state index in [1.165, 1.54) is 30.0 Å². The van der Waals surface area contributed by atoms with Gasteiger partial charge in [0, 0.05) is 29.8 Å². The lowest BCUT2D eigenvalue weighted by Gasteiger charge is -2.25. The van der Waals surface area contributed by atoms with Crippen molar-refractivity contribution < 1.29 is 37.3 Å². The molecule has 1 unspecified atom stereocenters. The molecule has 2 heterocycles. The number of alkyl halides is 2. The van der Waals surface area contributed by atoms with Crippen LogP contribution in [0, 0.1) is 11.1 Å². The van der Waals surface area contributed by atoms with Gasteiger partial charge in [0.1, 0.15) is 16.1 Å². The van der Waals surface area contributed by atoms with Crippen molar-refractivity contribution in [2.75, 3.05) is 18.9 Å². The Morgan fingerprint density at radius 3 is 2.47 bits per heavy atom. The van der Waals surface area contributed by atoms with Crippen molar-refractivity contribution >= 4 is 46.8 Å². The van der Waals surface area contributed by atoms with E-state index in [4.69, 9.17) is 32.7 Å². The van der Waals surface area contributed by atoms with Crippen LogP contribution in [0.25, 0.3) is 0 Å². The van der Waals surface area contributed by atoms with Crippen molar-refractivity contribution in [2.24, 2.45) is 5.92 Å². The van der Waals surface area contributed by atoms with E-state index in [-0.39, 0.29) is 40.3 Å². The summed E-state index contributed by atoms with van der Waals surface area (Å²) in [5.41, 5.74) is 1.30. The average molecular weight is 654 g/mol. The molecule has 1 saturated heterocycles. The first-order chi connectivity index (χ1) is 20.7. The van der Waals surface area contributed by atoms with Gasteiger partial charge < -0.3 is 24.3 Å². The topological polar surface area (TPSA) is 92.0 Å². The normalized spacial score (nSPS) is 17.1. The molecule has 0 radical (unpaired) electrons. The minimum atomic E-state index is -3.06. The van der Waals surface area contributed by atoms with Gasteiger partial charge in [-0.3, -0.25) is 9.59 Å². The lowest BCUT2D eigenvalue weighted by molar-refractivity contribution is -0.605. The van der Waals surface area contributed by atoms with Crippen LogP contribution in [0.15, 0.2) is 60.9 Å². The highest BCUT2D eigenvalue weighted by atomic mass is 35.5. The lowest BCUT2D eigenvalue weighted by Crippen LogP contribution is -2.36. The summed E-state index contributed by atoms with van der Waals surface area (Å²) < 4.78 is 43.1. The minimum absolute atomic E-state index is 0.0220. The van der Waals surface area contributed by atoms with Gasteiger partial charge in [-0.1, -0.05) is 47.5 Å². The van der Waals surface area contributed by atoms with Gasteiger partial charge in [-0.05, 0) is 48.6 Å². The number of halogens is 4. The number of benzene rings is 2. The molecule has 43 heavy (non-hydrogen) atoms. The fourth-order valence-corrected chi connectivity index (χ4v) is 6.49. The van der Waals surface area contributed by atoms with Crippen molar-refractivity contribution in [3.05, 3.63) is 92.9 Å².